The van der Waals surface area contributed by atoms with Crippen molar-refractivity contribution in [3.05, 3.63) is 47.4 Å². The number of piperidine rings is 2. The van der Waals surface area contributed by atoms with Gasteiger partial charge in [0.1, 0.15) is 11.6 Å². The number of fused-ring (bicyclic) bond motifs is 2. The number of halogens is 1. The smallest absolute Gasteiger partial charge is 0.228 e. The van der Waals surface area contributed by atoms with Gasteiger partial charge < -0.3 is 14.9 Å². The van der Waals surface area contributed by atoms with E-state index in [0.717, 1.165) is 49.0 Å². The Morgan fingerprint density at radius 2 is 1.66 bits per heavy atom. The molecule has 2 aromatic rings. The molecule has 6 heteroatoms. The summed E-state index contributed by atoms with van der Waals surface area (Å²) in [5.74, 6) is 1.57. The third-order valence-electron chi connectivity index (χ3n) is 6.89. The van der Waals surface area contributed by atoms with E-state index in [1.165, 1.54) is 31.4 Å². The van der Waals surface area contributed by atoms with Crippen molar-refractivity contribution in [1.29, 1.82) is 0 Å². The zero-order chi connectivity index (χ0) is 20.0. The van der Waals surface area contributed by atoms with Gasteiger partial charge in [0, 0.05) is 49.8 Å². The number of hydrogen-bond donors (Lipinski definition) is 1. The van der Waals surface area contributed by atoms with Crippen molar-refractivity contribution in [2.75, 3.05) is 22.9 Å². The number of nitrogens with zero attached hydrogens (tertiary/aromatic N) is 4. The van der Waals surface area contributed by atoms with Crippen molar-refractivity contribution in [3.8, 4) is 0 Å². The number of aryl methyl sites for hydroxylation is 1. The lowest BCUT2D eigenvalue weighted by molar-refractivity contribution is -0.00341. The molecule has 1 aromatic heterocycles. The van der Waals surface area contributed by atoms with E-state index in [2.05, 4.69) is 15.9 Å². The lowest BCUT2D eigenvalue weighted by Gasteiger charge is -2.44. The minimum Gasteiger partial charge on any atom is -0.385 e. The Morgan fingerprint density at radius 1 is 1.00 bits per heavy atom. The van der Waals surface area contributed by atoms with Crippen molar-refractivity contribution >= 4 is 11.8 Å². The fraction of sp³-hybridized carbons (Fsp3) is 0.565. The molecule has 1 unspecified atom stereocenters. The van der Waals surface area contributed by atoms with E-state index >= 15 is 0 Å². The molecule has 3 aliphatic heterocycles. The van der Waals surface area contributed by atoms with Crippen molar-refractivity contribution in [1.82, 2.24) is 9.97 Å². The summed E-state index contributed by atoms with van der Waals surface area (Å²) in [6.07, 6.45) is 7.06. The Balaban J connectivity index is 1.42. The molecule has 154 valence electrons. The maximum absolute atomic E-state index is 13.3. The van der Waals surface area contributed by atoms with Crippen molar-refractivity contribution in [3.63, 3.8) is 0 Å². The molecular formula is C23H29FN4O. The van der Waals surface area contributed by atoms with Crippen LogP contribution >= 0.6 is 0 Å². The van der Waals surface area contributed by atoms with E-state index in [1.807, 2.05) is 6.92 Å². The van der Waals surface area contributed by atoms with Crippen LogP contribution in [0.5, 0.6) is 0 Å². The number of benzene rings is 1. The van der Waals surface area contributed by atoms with E-state index < -0.39 is 5.60 Å². The van der Waals surface area contributed by atoms with Gasteiger partial charge in [-0.2, -0.15) is 4.98 Å². The standard InChI is InChI=1S/C23H29FN4O/c1-16-13-21(27-11-3-2-4-12-27)26-22(25-16)28-19-9-10-20(28)15-23(29,14-19)17-5-7-18(24)8-6-17/h5-8,13,19-20,29H,2-4,9-12,14-15H2,1H3/t19-,20+,23?. The summed E-state index contributed by atoms with van der Waals surface area (Å²) in [6.45, 7) is 4.17. The second kappa shape index (κ2) is 7.24. The fourth-order valence-corrected chi connectivity index (χ4v) is 5.48. The van der Waals surface area contributed by atoms with Crippen LogP contribution in [-0.2, 0) is 5.60 Å². The third kappa shape index (κ3) is 3.48. The van der Waals surface area contributed by atoms with Gasteiger partial charge in [0.05, 0.1) is 5.60 Å². The summed E-state index contributed by atoms with van der Waals surface area (Å²) in [6, 6.07) is 8.84. The van der Waals surface area contributed by atoms with Gasteiger partial charge in [-0.05, 0) is 56.7 Å². The van der Waals surface area contributed by atoms with E-state index in [4.69, 9.17) is 9.97 Å². The number of anilines is 2. The van der Waals surface area contributed by atoms with Crippen LogP contribution in [-0.4, -0.2) is 40.2 Å². The van der Waals surface area contributed by atoms with Gasteiger partial charge in [0.2, 0.25) is 5.95 Å². The summed E-state index contributed by atoms with van der Waals surface area (Å²) in [4.78, 5) is 14.5. The van der Waals surface area contributed by atoms with Gasteiger partial charge in [0.25, 0.3) is 0 Å². The van der Waals surface area contributed by atoms with Crippen LogP contribution in [0.4, 0.5) is 16.2 Å². The van der Waals surface area contributed by atoms with Crippen LogP contribution in [0.3, 0.4) is 0 Å². The zero-order valence-corrected chi connectivity index (χ0v) is 17.0. The molecule has 3 fully saturated rings. The summed E-state index contributed by atoms with van der Waals surface area (Å²) < 4.78 is 13.3. The Bertz CT molecular complexity index is 867. The first-order valence-corrected chi connectivity index (χ1v) is 10.9. The molecule has 3 atom stereocenters. The normalized spacial score (nSPS) is 29.3. The van der Waals surface area contributed by atoms with E-state index in [-0.39, 0.29) is 17.9 Å². The molecule has 1 N–H and O–H groups in total. The predicted molar refractivity (Wildman–Crippen MR) is 112 cm³/mol. The molecule has 0 saturated carbocycles. The summed E-state index contributed by atoms with van der Waals surface area (Å²) in [5.41, 5.74) is 0.902. The van der Waals surface area contributed by atoms with Gasteiger partial charge in [-0.25, -0.2) is 9.37 Å². The minimum absolute atomic E-state index is 0.208. The molecule has 0 spiro atoms. The number of hydrogen-bond acceptors (Lipinski definition) is 5. The summed E-state index contributed by atoms with van der Waals surface area (Å²) >= 11 is 0. The maximum Gasteiger partial charge on any atom is 0.228 e. The quantitative estimate of drug-likeness (QED) is 0.852. The van der Waals surface area contributed by atoms with Crippen LogP contribution in [0, 0.1) is 12.7 Å². The largest absolute Gasteiger partial charge is 0.385 e. The molecule has 4 heterocycles. The highest BCUT2D eigenvalue weighted by molar-refractivity contribution is 5.49. The minimum atomic E-state index is -0.907. The number of aliphatic hydroxyl groups is 1. The van der Waals surface area contributed by atoms with Gasteiger partial charge in [-0.15, -0.1) is 0 Å². The van der Waals surface area contributed by atoms with E-state index in [1.54, 1.807) is 12.1 Å². The van der Waals surface area contributed by atoms with Crippen LogP contribution in [0.2, 0.25) is 0 Å². The molecule has 5 rings (SSSR count). The molecule has 2 bridgehead atoms. The summed E-state index contributed by atoms with van der Waals surface area (Å²) in [7, 11) is 0. The molecule has 29 heavy (non-hydrogen) atoms. The number of aromatic nitrogens is 2. The Kier molecular flexibility index (Phi) is 4.69. The maximum atomic E-state index is 13.3. The van der Waals surface area contributed by atoms with E-state index in [9.17, 15) is 9.50 Å². The summed E-state index contributed by atoms with van der Waals surface area (Å²) in [5, 5.41) is 11.4. The van der Waals surface area contributed by atoms with Gasteiger partial charge in [0.15, 0.2) is 0 Å². The molecule has 5 nitrogen and oxygen atoms in total. The second-order valence-electron chi connectivity index (χ2n) is 8.95. The zero-order valence-electron chi connectivity index (χ0n) is 17.0. The Labute approximate surface area is 171 Å². The van der Waals surface area contributed by atoms with Crippen molar-refractivity contribution in [2.24, 2.45) is 0 Å². The van der Waals surface area contributed by atoms with E-state index in [0.29, 0.717) is 12.8 Å². The van der Waals surface area contributed by atoms with Crippen LogP contribution in [0.25, 0.3) is 0 Å². The highest BCUT2D eigenvalue weighted by Crippen LogP contribution is 2.47. The average Bonchev–Trinajstić information content (AvgIpc) is 3.00. The third-order valence-corrected chi connectivity index (χ3v) is 6.89. The van der Waals surface area contributed by atoms with Crippen LogP contribution in [0.15, 0.2) is 30.3 Å². The second-order valence-corrected chi connectivity index (χ2v) is 8.95. The molecule has 3 aliphatic rings. The van der Waals surface area contributed by atoms with Crippen molar-refractivity contribution < 1.29 is 9.50 Å². The lowest BCUT2D eigenvalue weighted by Crippen LogP contribution is -2.50. The highest BCUT2D eigenvalue weighted by Gasteiger charge is 2.49. The van der Waals surface area contributed by atoms with Crippen LogP contribution < -0.4 is 9.80 Å². The Morgan fingerprint density at radius 3 is 2.31 bits per heavy atom. The number of rotatable bonds is 3. The topological polar surface area (TPSA) is 52.5 Å². The Hall–Kier alpha value is -2.21. The molecule has 3 saturated heterocycles. The lowest BCUT2D eigenvalue weighted by atomic mass is 9.80. The molecular weight excluding hydrogens is 367 g/mol. The van der Waals surface area contributed by atoms with Gasteiger partial charge >= 0.3 is 0 Å². The fourth-order valence-electron chi connectivity index (χ4n) is 5.48. The monoisotopic (exact) mass is 396 g/mol. The molecule has 1 aromatic carbocycles. The highest BCUT2D eigenvalue weighted by atomic mass is 19.1. The predicted octanol–water partition coefficient (Wildman–Crippen LogP) is 3.93. The van der Waals surface area contributed by atoms with Crippen LogP contribution in [0.1, 0.15) is 56.2 Å². The molecule has 0 aliphatic carbocycles. The van der Waals surface area contributed by atoms with Gasteiger partial charge in [-0.1, -0.05) is 12.1 Å². The molecule has 0 radical (unpaired) electrons. The SMILES string of the molecule is Cc1cc(N2CCCCC2)nc(N2[C@@H]3CC[C@H]2CC(O)(c2ccc(F)cc2)C3)n1. The van der Waals surface area contributed by atoms with Crippen molar-refractivity contribution in [2.45, 2.75) is 69.6 Å². The van der Waals surface area contributed by atoms with Gasteiger partial charge in [-0.3, -0.25) is 0 Å². The average molecular weight is 397 g/mol. The first-order valence-electron chi connectivity index (χ1n) is 10.9. The first-order chi connectivity index (χ1) is 14.0. The molecule has 0 amide bonds. The first kappa shape index (κ1) is 18.8.